The van der Waals surface area contributed by atoms with Crippen LogP contribution in [0.3, 0.4) is 0 Å². The standard InChI is InChI=1S/C11H11ClN2S/c1-3-9-7(2)13-11(14-10(9)12)8-4-5-15-6-8/h4-6H,3H2,1-2H3. The molecule has 78 valence electrons. The van der Waals surface area contributed by atoms with Crippen LogP contribution >= 0.6 is 22.9 Å². The van der Waals surface area contributed by atoms with Crippen LogP contribution in [0.1, 0.15) is 18.2 Å². The van der Waals surface area contributed by atoms with Crippen LogP contribution in [-0.2, 0) is 6.42 Å². The Morgan fingerprint density at radius 2 is 2.20 bits per heavy atom. The van der Waals surface area contributed by atoms with Crippen molar-refractivity contribution in [1.82, 2.24) is 9.97 Å². The molecule has 0 spiro atoms. The molecule has 4 heteroatoms. The van der Waals surface area contributed by atoms with Crippen molar-refractivity contribution in [3.05, 3.63) is 33.2 Å². The maximum atomic E-state index is 6.10. The molecule has 0 aliphatic heterocycles. The van der Waals surface area contributed by atoms with Gasteiger partial charge < -0.3 is 0 Å². The molecular weight excluding hydrogens is 228 g/mol. The second-order valence-electron chi connectivity index (χ2n) is 3.27. The number of halogens is 1. The van der Waals surface area contributed by atoms with Gasteiger partial charge in [0.1, 0.15) is 5.15 Å². The van der Waals surface area contributed by atoms with Gasteiger partial charge in [0, 0.05) is 22.2 Å². The third-order valence-corrected chi connectivity index (χ3v) is 3.29. The number of aromatic nitrogens is 2. The quantitative estimate of drug-likeness (QED) is 0.745. The lowest BCUT2D eigenvalue weighted by molar-refractivity contribution is 1.00. The fourth-order valence-corrected chi connectivity index (χ4v) is 2.47. The maximum absolute atomic E-state index is 6.10. The zero-order chi connectivity index (χ0) is 10.8. The van der Waals surface area contributed by atoms with Crippen molar-refractivity contribution in [3.63, 3.8) is 0 Å². The molecule has 0 saturated carbocycles. The van der Waals surface area contributed by atoms with Gasteiger partial charge in [0.05, 0.1) is 0 Å². The van der Waals surface area contributed by atoms with Crippen LogP contribution in [0, 0.1) is 6.92 Å². The predicted molar refractivity (Wildman–Crippen MR) is 64.5 cm³/mol. The van der Waals surface area contributed by atoms with E-state index in [-0.39, 0.29) is 0 Å². The SMILES string of the molecule is CCc1c(C)nc(-c2ccsc2)nc1Cl. The van der Waals surface area contributed by atoms with Crippen LogP contribution in [0.5, 0.6) is 0 Å². The highest BCUT2D eigenvalue weighted by Gasteiger charge is 2.09. The van der Waals surface area contributed by atoms with Gasteiger partial charge in [-0.25, -0.2) is 9.97 Å². The van der Waals surface area contributed by atoms with Gasteiger partial charge in [0.2, 0.25) is 0 Å². The molecule has 0 radical (unpaired) electrons. The fraction of sp³-hybridized carbons (Fsp3) is 0.273. The molecule has 2 aromatic heterocycles. The van der Waals surface area contributed by atoms with Crippen LogP contribution in [0.4, 0.5) is 0 Å². The third kappa shape index (κ3) is 2.03. The number of hydrogen-bond acceptors (Lipinski definition) is 3. The first-order valence-electron chi connectivity index (χ1n) is 4.78. The zero-order valence-electron chi connectivity index (χ0n) is 8.62. The molecule has 0 unspecified atom stereocenters. The van der Waals surface area contributed by atoms with E-state index in [1.807, 2.05) is 23.8 Å². The van der Waals surface area contributed by atoms with E-state index in [1.54, 1.807) is 11.3 Å². The summed E-state index contributed by atoms with van der Waals surface area (Å²) in [6.45, 7) is 4.03. The zero-order valence-corrected chi connectivity index (χ0v) is 10.2. The normalized spacial score (nSPS) is 10.6. The summed E-state index contributed by atoms with van der Waals surface area (Å²) < 4.78 is 0. The molecule has 0 aliphatic rings. The molecule has 0 bridgehead atoms. The molecular formula is C11H11ClN2S. The average molecular weight is 239 g/mol. The molecule has 0 N–H and O–H groups in total. The van der Waals surface area contributed by atoms with E-state index in [2.05, 4.69) is 16.9 Å². The van der Waals surface area contributed by atoms with Crippen molar-refractivity contribution < 1.29 is 0 Å². The Balaban J connectivity index is 2.53. The van der Waals surface area contributed by atoms with Crippen molar-refractivity contribution >= 4 is 22.9 Å². The van der Waals surface area contributed by atoms with Gasteiger partial charge in [-0.1, -0.05) is 18.5 Å². The lowest BCUT2D eigenvalue weighted by atomic mass is 10.2. The Labute approximate surface area is 98.0 Å². The molecule has 0 atom stereocenters. The second-order valence-corrected chi connectivity index (χ2v) is 4.41. The van der Waals surface area contributed by atoms with E-state index in [0.717, 1.165) is 29.1 Å². The highest BCUT2D eigenvalue weighted by atomic mass is 35.5. The maximum Gasteiger partial charge on any atom is 0.161 e. The lowest BCUT2D eigenvalue weighted by Gasteiger charge is -2.06. The molecule has 2 heterocycles. The highest BCUT2D eigenvalue weighted by molar-refractivity contribution is 7.08. The Hall–Kier alpha value is -0.930. The van der Waals surface area contributed by atoms with E-state index in [1.165, 1.54) is 0 Å². The van der Waals surface area contributed by atoms with E-state index >= 15 is 0 Å². The minimum atomic E-state index is 0.575. The van der Waals surface area contributed by atoms with Gasteiger partial charge in [-0.3, -0.25) is 0 Å². The van der Waals surface area contributed by atoms with Gasteiger partial charge in [-0.2, -0.15) is 11.3 Å². The fourth-order valence-electron chi connectivity index (χ4n) is 1.48. The van der Waals surface area contributed by atoms with Crippen molar-refractivity contribution in [1.29, 1.82) is 0 Å². The topological polar surface area (TPSA) is 25.8 Å². The second kappa shape index (κ2) is 4.29. The van der Waals surface area contributed by atoms with Gasteiger partial charge in [0.15, 0.2) is 5.82 Å². The summed E-state index contributed by atoms with van der Waals surface area (Å²) >= 11 is 7.74. The highest BCUT2D eigenvalue weighted by Crippen LogP contribution is 2.23. The van der Waals surface area contributed by atoms with Gasteiger partial charge in [-0.15, -0.1) is 0 Å². The van der Waals surface area contributed by atoms with Crippen molar-refractivity contribution in [2.75, 3.05) is 0 Å². The number of nitrogens with zero attached hydrogens (tertiary/aromatic N) is 2. The van der Waals surface area contributed by atoms with E-state index in [0.29, 0.717) is 5.15 Å². The van der Waals surface area contributed by atoms with Crippen LogP contribution in [0.2, 0.25) is 5.15 Å². The summed E-state index contributed by atoms with van der Waals surface area (Å²) in [5.74, 6) is 0.718. The number of thiophene rings is 1. The minimum absolute atomic E-state index is 0.575. The molecule has 0 fully saturated rings. The first-order valence-corrected chi connectivity index (χ1v) is 6.10. The van der Waals surface area contributed by atoms with Crippen molar-refractivity contribution in [3.8, 4) is 11.4 Å². The van der Waals surface area contributed by atoms with Gasteiger partial charge in [-0.05, 0) is 24.8 Å². The first-order chi connectivity index (χ1) is 7.22. The minimum Gasteiger partial charge on any atom is -0.233 e. The van der Waals surface area contributed by atoms with E-state index < -0.39 is 0 Å². The summed E-state index contributed by atoms with van der Waals surface area (Å²) in [6, 6.07) is 2.00. The third-order valence-electron chi connectivity index (χ3n) is 2.30. The average Bonchev–Trinajstić information content (AvgIpc) is 2.69. The summed E-state index contributed by atoms with van der Waals surface area (Å²) in [7, 11) is 0. The number of hydrogen-bond donors (Lipinski definition) is 0. The molecule has 0 amide bonds. The van der Waals surface area contributed by atoms with Crippen molar-refractivity contribution in [2.45, 2.75) is 20.3 Å². The van der Waals surface area contributed by atoms with Crippen LogP contribution < -0.4 is 0 Å². The Morgan fingerprint density at radius 3 is 2.73 bits per heavy atom. The molecule has 2 nitrogen and oxygen atoms in total. The van der Waals surface area contributed by atoms with Crippen LogP contribution in [-0.4, -0.2) is 9.97 Å². The Kier molecular flexibility index (Phi) is 3.03. The molecule has 2 rings (SSSR count). The monoisotopic (exact) mass is 238 g/mol. The lowest BCUT2D eigenvalue weighted by Crippen LogP contribution is -1.98. The number of aryl methyl sites for hydroxylation is 1. The molecule has 2 aromatic rings. The largest absolute Gasteiger partial charge is 0.233 e. The summed E-state index contributed by atoms with van der Waals surface area (Å²) in [4.78, 5) is 8.77. The molecule has 0 saturated heterocycles. The Morgan fingerprint density at radius 1 is 1.40 bits per heavy atom. The Bertz CT molecular complexity index is 442. The summed E-state index contributed by atoms with van der Waals surface area (Å²) in [5.41, 5.74) is 3.04. The van der Waals surface area contributed by atoms with E-state index in [4.69, 9.17) is 11.6 Å². The first kappa shape index (κ1) is 10.6. The molecule has 15 heavy (non-hydrogen) atoms. The molecule has 0 aromatic carbocycles. The summed E-state index contributed by atoms with van der Waals surface area (Å²) in [5, 5.41) is 4.61. The van der Waals surface area contributed by atoms with Crippen molar-refractivity contribution in [2.24, 2.45) is 0 Å². The van der Waals surface area contributed by atoms with Gasteiger partial charge in [0.25, 0.3) is 0 Å². The van der Waals surface area contributed by atoms with Gasteiger partial charge >= 0.3 is 0 Å². The van der Waals surface area contributed by atoms with E-state index in [9.17, 15) is 0 Å². The molecule has 0 aliphatic carbocycles. The predicted octanol–water partition coefficient (Wildman–Crippen LogP) is 3.73. The summed E-state index contributed by atoms with van der Waals surface area (Å²) in [6.07, 6.45) is 0.870. The number of rotatable bonds is 2. The van der Waals surface area contributed by atoms with Crippen LogP contribution in [0.15, 0.2) is 16.8 Å². The van der Waals surface area contributed by atoms with Crippen LogP contribution in [0.25, 0.3) is 11.4 Å². The smallest absolute Gasteiger partial charge is 0.161 e.